The zero-order valence-corrected chi connectivity index (χ0v) is 12.7. The molecule has 3 nitrogen and oxygen atoms in total. The molecule has 0 bridgehead atoms. The van der Waals surface area contributed by atoms with Gasteiger partial charge in [-0.25, -0.2) is 4.39 Å². The average molecular weight is 280 g/mol. The fourth-order valence-corrected chi connectivity index (χ4v) is 2.75. The van der Waals surface area contributed by atoms with Gasteiger partial charge in [-0.05, 0) is 56.9 Å². The van der Waals surface area contributed by atoms with E-state index in [2.05, 4.69) is 11.8 Å². The maximum Gasteiger partial charge on any atom is 0.126 e. The molecule has 4 heteroatoms. The van der Waals surface area contributed by atoms with Crippen molar-refractivity contribution < 1.29 is 9.13 Å². The standard InChI is InChI=1S/C16H25FN2O/c1-4-19(10-13-6-5-7-20-13)16-8-11(2)15(17)9-14(16)12(3)18/h8-9,12-13H,4-7,10,18H2,1-3H3. The summed E-state index contributed by atoms with van der Waals surface area (Å²) in [6.07, 6.45) is 2.51. The number of likely N-dealkylation sites (N-methyl/N-ethyl adjacent to an activating group) is 1. The van der Waals surface area contributed by atoms with Gasteiger partial charge in [-0.15, -0.1) is 0 Å². The van der Waals surface area contributed by atoms with E-state index in [1.54, 1.807) is 13.0 Å². The second kappa shape index (κ2) is 6.55. The predicted octanol–water partition coefficient (Wildman–Crippen LogP) is 3.16. The first-order valence-electron chi connectivity index (χ1n) is 7.45. The molecular formula is C16H25FN2O. The Hall–Kier alpha value is -1.13. The first-order valence-corrected chi connectivity index (χ1v) is 7.45. The Kier molecular flexibility index (Phi) is 5.00. The molecule has 0 amide bonds. The number of benzene rings is 1. The van der Waals surface area contributed by atoms with Crippen molar-refractivity contribution in [3.8, 4) is 0 Å². The highest BCUT2D eigenvalue weighted by atomic mass is 19.1. The van der Waals surface area contributed by atoms with Gasteiger partial charge < -0.3 is 15.4 Å². The molecule has 1 aliphatic heterocycles. The van der Waals surface area contributed by atoms with Gasteiger partial charge in [0.2, 0.25) is 0 Å². The van der Waals surface area contributed by atoms with Crippen LogP contribution in [0.3, 0.4) is 0 Å². The minimum Gasteiger partial charge on any atom is -0.376 e. The Morgan fingerprint density at radius 2 is 2.25 bits per heavy atom. The van der Waals surface area contributed by atoms with E-state index in [1.165, 1.54) is 0 Å². The fraction of sp³-hybridized carbons (Fsp3) is 0.625. The maximum atomic E-state index is 13.8. The normalized spacial score (nSPS) is 20.1. The van der Waals surface area contributed by atoms with Crippen LogP contribution in [0.2, 0.25) is 0 Å². The lowest BCUT2D eigenvalue weighted by Gasteiger charge is -2.29. The van der Waals surface area contributed by atoms with Gasteiger partial charge in [0.05, 0.1) is 6.10 Å². The molecule has 1 fully saturated rings. The highest BCUT2D eigenvalue weighted by Crippen LogP contribution is 2.29. The van der Waals surface area contributed by atoms with Gasteiger partial charge in [0.1, 0.15) is 5.82 Å². The Labute approximate surface area is 120 Å². The van der Waals surface area contributed by atoms with E-state index >= 15 is 0 Å². The highest BCUT2D eigenvalue weighted by Gasteiger charge is 2.21. The second-order valence-corrected chi connectivity index (χ2v) is 5.62. The molecule has 0 spiro atoms. The first kappa shape index (κ1) is 15.3. The Balaban J connectivity index is 2.29. The third-order valence-corrected chi connectivity index (χ3v) is 3.97. The van der Waals surface area contributed by atoms with E-state index in [-0.39, 0.29) is 18.0 Å². The molecule has 2 rings (SSSR count). The van der Waals surface area contributed by atoms with Crippen LogP contribution in [0, 0.1) is 12.7 Å². The SMILES string of the molecule is CCN(CC1CCCO1)c1cc(C)c(F)cc1C(C)N. The molecule has 1 aliphatic rings. The Morgan fingerprint density at radius 3 is 2.80 bits per heavy atom. The first-order chi connectivity index (χ1) is 9.52. The number of aryl methyl sites for hydroxylation is 1. The summed E-state index contributed by atoms with van der Waals surface area (Å²) in [4.78, 5) is 2.25. The summed E-state index contributed by atoms with van der Waals surface area (Å²) < 4.78 is 19.5. The van der Waals surface area contributed by atoms with Crippen LogP contribution in [0.4, 0.5) is 10.1 Å². The number of nitrogens with two attached hydrogens (primary N) is 1. The van der Waals surface area contributed by atoms with Gasteiger partial charge in [-0.3, -0.25) is 0 Å². The van der Waals surface area contributed by atoms with E-state index in [0.717, 1.165) is 43.8 Å². The molecule has 112 valence electrons. The van der Waals surface area contributed by atoms with Gasteiger partial charge in [0.25, 0.3) is 0 Å². The number of hydrogen-bond donors (Lipinski definition) is 1. The summed E-state index contributed by atoms with van der Waals surface area (Å²) in [5.41, 5.74) is 8.58. The molecule has 2 atom stereocenters. The maximum absolute atomic E-state index is 13.8. The number of ether oxygens (including phenoxy) is 1. The van der Waals surface area contributed by atoms with E-state index in [0.29, 0.717) is 5.56 Å². The molecule has 20 heavy (non-hydrogen) atoms. The fourth-order valence-electron chi connectivity index (χ4n) is 2.75. The molecule has 0 saturated carbocycles. The van der Waals surface area contributed by atoms with Crippen molar-refractivity contribution in [2.24, 2.45) is 5.73 Å². The molecule has 0 radical (unpaired) electrons. The van der Waals surface area contributed by atoms with E-state index < -0.39 is 0 Å². The lowest BCUT2D eigenvalue weighted by atomic mass is 10.0. The molecule has 1 heterocycles. The largest absolute Gasteiger partial charge is 0.376 e. The van der Waals surface area contributed by atoms with Crippen LogP contribution in [-0.4, -0.2) is 25.8 Å². The Morgan fingerprint density at radius 1 is 1.50 bits per heavy atom. The third-order valence-electron chi connectivity index (χ3n) is 3.97. The lowest BCUT2D eigenvalue weighted by Crippen LogP contribution is -2.33. The summed E-state index contributed by atoms with van der Waals surface area (Å²) in [5, 5.41) is 0. The highest BCUT2D eigenvalue weighted by molar-refractivity contribution is 5.57. The molecule has 1 aromatic carbocycles. The molecule has 2 N–H and O–H groups in total. The van der Waals surface area contributed by atoms with Crippen molar-refractivity contribution in [2.45, 2.75) is 45.8 Å². The van der Waals surface area contributed by atoms with Crippen molar-refractivity contribution in [3.05, 3.63) is 29.1 Å². The van der Waals surface area contributed by atoms with Crippen molar-refractivity contribution in [1.29, 1.82) is 0 Å². The predicted molar refractivity (Wildman–Crippen MR) is 80.6 cm³/mol. The molecule has 0 aliphatic carbocycles. The zero-order chi connectivity index (χ0) is 14.7. The average Bonchev–Trinajstić information content (AvgIpc) is 2.91. The second-order valence-electron chi connectivity index (χ2n) is 5.62. The number of anilines is 1. The number of halogens is 1. The number of rotatable bonds is 5. The summed E-state index contributed by atoms with van der Waals surface area (Å²) in [7, 11) is 0. The lowest BCUT2D eigenvalue weighted by molar-refractivity contribution is 0.115. The summed E-state index contributed by atoms with van der Waals surface area (Å²) in [5.74, 6) is -0.186. The number of nitrogens with zero attached hydrogens (tertiary/aromatic N) is 1. The number of hydrogen-bond acceptors (Lipinski definition) is 3. The van der Waals surface area contributed by atoms with Gasteiger partial charge in [-0.1, -0.05) is 0 Å². The van der Waals surface area contributed by atoms with Crippen LogP contribution in [0.25, 0.3) is 0 Å². The molecule has 1 aromatic rings. The zero-order valence-electron chi connectivity index (χ0n) is 12.7. The van der Waals surface area contributed by atoms with E-state index in [4.69, 9.17) is 10.5 Å². The molecule has 1 saturated heterocycles. The minimum atomic E-state index is -0.186. The van der Waals surface area contributed by atoms with E-state index in [1.807, 2.05) is 13.0 Å². The quantitative estimate of drug-likeness (QED) is 0.900. The van der Waals surface area contributed by atoms with Crippen molar-refractivity contribution in [1.82, 2.24) is 0 Å². The molecule has 0 aromatic heterocycles. The van der Waals surface area contributed by atoms with Crippen LogP contribution >= 0.6 is 0 Å². The van der Waals surface area contributed by atoms with Crippen molar-refractivity contribution >= 4 is 5.69 Å². The van der Waals surface area contributed by atoms with Crippen LogP contribution in [0.15, 0.2) is 12.1 Å². The molecule has 2 unspecified atom stereocenters. The summed E-state index contributed by atoms with van der Waals surface area (Å²) in [6.45, 7) is 8.37. The Bertz CT molecular complexity index is 456. The van der Waals surface area contributed by atoms with Crippen LogP contribution < -0.4 is 10.6 Å². The molecular weight excluding hydrogens is 255 g/mol. The monoisotopic (exact) mass is 280 g/mol. The van der Waals surface area contributed by atoms with Crippen LogP contribution in [-0.2, 0) is 4.74 Å². The third kappa shape index (κ3) is 3.30. The van der Waals surface area contributed by atoms with Gasteiger partial charge in [0, 0.05) is 31.4 Å². The van der Waals surface area contributed by atoms with Gasteiger partial charge >= 0.3 is 0 Å². The van der Waals surface area contributed by atoms with Crippen molar-refractivity contribution in [3.63, 3.8) is 0 Å². The summed E-state index contributed by atoms with van der Waals surface area (Å²) in [6, 6.07) is 3.30. The van der Waals surface area contributed by atoms with Crippen molar-refractivity contribution in [2.75, 3.05) is 24.6 Å². The van der Waals surface area contributed by atoms with Gasteiger partial charge in [-0.2, -0.15) is 0 Å². The summed E-state index contributed by atoms with van der Waals surface area (Å²) >= 11 is 0. The van der Waals surface area contributed by atoms with E-state index in [9.17, 15) is 4.39 Å². The van der Waals surface area contributed by atoms with Gasteiger partial charge in [0.15, 0.2) is 0 Å². The smallest absolute Gasteiger partial charge is 0.126 e. The topological polar surface area (TPSA) is 38.5 Å². The van der Waals surface area contributed by atoms with Crippen LogP contribution in [0.1, 0.15) is 43.9 Å². The minimum absolute atomic E-state index is 0.182. The van der Waals surface area contributed by atoms with Crippen LogP contribution in [0.5, 0.6) is 0 Å².